The van der Waals surface area contributed by atoms with Crippen LogP contribution in [0.2, 0.25) is 0 Å². The van der Waals surface area contributed by atoms with Crippen LogP contribution in [-0.2, 0) is 13.1 Å². The summed E-state index contributed by atoms with van der Waals surface area (Å²) in [4.78, 5) is 5.29. The number of ether oxygens (including phenoxy) is 2. The fourth-order valence-corrected chi connectivity index (χ4v) is 5.90. The molecule has 192 valence electrons. The Morgan fingerprint density at radius 1 is 0.605 bits per heavy atom. The summed E-state index contributed by atoms with van der Waals surface area (Å²) in [5.41, 5.74) is 3.97. The van der Waals surface area contributed by atoms with Gasteiger partial charge in [0.2, 0.25) is 0 Å². The van der Waals surface area contributed by atoms with Gasteiger partial charge in [-0.1, -0.05) is 72.8 Å². The lowest BCUT2D eigenvalue weighted by molar-refractivity contribution is -0.00814. The topological polar surface area (TPSA) is 24.9 Å². The smallest absolute Gasteiger partial charge is 0.118 e. The van der Waals surface area contributed by atoms with E-state index in [0.717, 1.165) is 44.1 Å². The van der Waals surface area contributed by atoms with Crippen LogP contribution in [0.25, 0.3) is 21.5 Å². The Hall–Kier alpha value is -3.86. The van der Waals surface area contributed by atoms with Crippen molar-refractivity contribution in [3.8, 4) is 11.5 Å². The van der Waals surface area contributed by atoms with Gasteiger partial charge in [-0.15, -0.1) is 0 Å². The van der Waals surface area contributed by atoms with E-state index in [4.69, 9.17) is 9.47 Å². The van der Waals surface area contributed by atoms with Gasteiger partial charge >= 0.3 is 0 Å². The van der Waals surface area contributed by atoms with Gasteiger partial charge in [-0.05, 0) is 75.0 Å². The Balaban J connectivity index is 1.45. The van der Waals surface area contributed by atoms with Crippen LogP contribution in [0, 0.1) is 0 Å². The summed E-state index contributed by atoms with van der Waals surface area (Å²) in [6, 6.07) is 37.1. The molecule has 1 saturated heterocycles. The highest BCUT2D eigenvalue weighted by atomic mass is 16.5. The van der Waals surface area contributed by atoms with Crippen molar-refractivity contribution in [2.24, 2.45) is 0 Å². The number of nitrogens with zero attached hydrogens (tertiary/aromatic N) is 2. The molecule has 0 atom stereocenters. The van der Waals surface area contributed by atoms with Crippen molar-refractivity contribution >= 4 is 21.5 Å². The first-order valence-electron chi connectivity index (χ1n) is 13.4. The van der Waals surface area contributed by atoms with E-state index in [0.29, 0.717) is 0 Å². The molecule has 1 aliphatic rings. The van der Waals surface area contributed by atoms with Crippen LogP contribution in [-0.4, -0.2) is 37.1 Å². The number of hydrogen-bond donors (Lipinski definition) is 0. The third kappa shape index (κ3) is 4.85. The normalized spacial score (nSPS) is 15.2. The van der Waals surface area contributed by atoms with Crippen molar-refractivity contribution in [2.75, 3.05) is 27.3 Å². The largest absolute Gasteiger partial charge is 0.497 e. The number of fused-ring (bicyclic) bond motifs is 3. The molecule has 4 heteroatoms. The minimum Gasteiger partial charge on any atom is -0.497 e. The van der Waals surface area contributed by atoms with E-state index < -0.39 is 0 Å². The summed E-state index contributed by atoms with van der Waals surface area (Å²) in [6.07, 6.45) is 1.29. The maximum absolute atomic E-state index is 5.41. The lowest BCUT2D eigenvalue weighted by Gasteiger charge is -2.45. The van der Waals surface area contributed by atoms with Gasteiger partial charge in [-0.2, -0.15) is 0 Å². The van der Waals surface area contributed by atoms with Crippen molar-refractivity contribution in [3.05, 3.63) is 120 Å². The van der Waals surface area contributed by atoms with Gasteiger partial charge < -0.3 is 9.47 Å². The maximum Gasteiger partial charge on any atom is 0.118 e. The highest BCUT2D eigenvalue weighted by molar-refractivity contribution is 6.09. The second-order valence-corrected chi connectivity index (χ2v) is 10.1. The molecule has 0 unspecified atom stereocenters. The second-order valence-electron chi connectivity index (χ2n) is 10.1. The maximum atomic E-state index is 5.41. The molecule has 4 nitrogen and oxygen atoms in total. The van der Waals surface area contributed by atoms with E-state index in [1.54, 1.807) is 14.2 Å². The van der Waals surface area contributed by atoms with E-state index in [9.17, 15) is 0 Å². The van der Waals surface area contributed by atoms with Crippen LogP contribution in [0.1, 0.15) is 29.3 Å². The third-order valence-electron chi connectivity index (χ3n) is 7.75. The molecule has 0 N–H and O–H groups in total. The van der Waals surface area contributed by atoms with Gasteiger partial charge in [-0.3, -0.25) is 9.80 Å². The van der Waals surface area contributed by atoms with Crippen molar-refractivity contribution < 1.29 is 9.47 Å². The minimum atomic E-state index is 0.155. The van der Waals surface area contributed by atoms with Gasteiger partial charge in [0, 0.05) is 26.2 Å². The molecular weight excluding hydrogens is 468 g/mol. The van der Waals surface area contributed by atoms with E-state index >= 15 is 0 Å². The first-order valence-corrected chi connectivity index (χ1v) is 13.4. The molecule has 38 heavy (non-hydrogen) atoms. The van der Waals surface area contributed by atoms with Crippen LogP contribution >= 0.6 is 0 Å². The van der Waals surface area contributed by atoms with E-state index in [2.05, 4.69) is 113 Å². The Labute approximate surface area is 225 Å². The molecule has 0 saturated carbocycles. The van der Waals surface area contributed by atoms with E-state index in [1.807, 2.05) is 0 Å². The summed E-state index contributed by atoms with van der Waals surface area (Å²) < 4.78 is 10.8. The van der Waals surface area contributed by atoms with Crippen LogP contribution in [0.5, 0.6) is 11.5 Å². The third-order valence-corrected chi connectivity index (χ3v) is 7.75. The lowest BCUT2D eigenvalue weighted by atomic mass is 9.93. The van der Waals surface area contributed by atoms with Crippen LogP contribution in [0.15, 0.2) is 103 Å². The molecule has 6 rings (SSSR count). The van der Waals surface area contributed by atoms with Gasteiger partial charge in [0.15, 0.2) is 0 Å². The summed E-state index contributed by atoms with van der Waals surface area (Å²) >= 11 is 0. The molecule has 0 radical (unpaired) electrons. The van der Waals surface area contributed by atoms with Gasteiger partial charge in [0.25, 0.3) is 0 Å². The molecule has 1 fully saturated rings. The number of methoxy groups -OCH3 is 2. The fourth-order valence-electron chi connectivity index (χ4n) is 5.90. The molecule has 0 aromatic heterocycles. The summed E-state index contributed by atoms with van der Waals surface area (Å²) in [7, 11) is 3.44. The predicted octanol–water partition coefficient (Wildman–Crippen LogP) is 7.42. The minimum absolute atomic E-state index is 0.155. The number of hydrogen-bond acceptors (Lipinski definition) is 4. The van der Waals surface area contributed by atoms with Gasteiger partial charge in [-0.25, -0.2) is 0 Å². The standard InChI is InChI=1S/C34H34N2O2/c1-37-28-16-12-25(13-17-28)23-35-20-7-21-36(24-26-14-18-29(38-2)19-15-26)34(35)33-22-27-8-3-4-9-30(27)31-10-5-6-11-32(31)33/h3-6,8-19,22,34H,7,20-21,23-24H2,1-2H3. The Morgan fingerprint density at radius 3 is 1.66 bits per heavy atom. The molecule has 5 aromatic rings. The number of benzene rings is 5. The van der Waals surface area contributed by atoms with Crippen molar-refractivity contribution in [1.82, 2.24) is 9.80 Å². The molecule has 5 aromatic carbocycles. The van der Waals surface area contributed by atoms with Crippen LogP contribution < -0.4 is 9.47 Å². The first kappa shape index (κ1) is 24.5. The molecule has 0 aliphatic carbocycles. The molecule has 1 aliphatic heterocycles. The molecule has 0 spiro atoms. The highest BCUT2D eigenvalue weighted by Gasteiger charge is 2.32. The zero-order valence-corrected chi connectivity index (χ0v) is 22.1. The summed E-state index contributed by atoms with van der Waals surface area (Å²) in [5, 5.41) is 5.25. The quantitative estimate of drug-likeness (QED) is 0.216. The zero-order chi connectivity index (χ0) is 25.9. The van der Waals surface area contributed by atoms with Crippen LogP contribution in [0.3, 0.4) is 0 Å². The van der Waals surface area contributed by atoms with Crippen LogP contribution in [0.4, 0.5) is 0 Å². The monoisotopic (exact) mass is 502 g/mol. The fraction of sp³-hybridized carbons (Fsp3) is 0.235. The first-order chi connectivity index (χ1) is 18.7. The van der Waals surface area contributed by atoms with Crippen molar-refractivity contribution in [1.29, 1.82) is 0 Å². The molecule has 1 heterocycles. The average Bonchev–Trinajstić information content (AvgIpc) is 2.98. The van der Waals surface area contributed by atoms with E-state index in [-0.39, 0.29) is 6.17 Å². The Bertz CT molecular complexity index is 1470. The molecule has 0 amide bonds. The second kappa shape index (κ2) is 10.9. The number of rotatable bonds is 7. The van der Waals surface area contributed by atoms with Crippen molar-refractivity contribution in [2.45, 2.75) is 25.7 Å². The molecular formula is C34H34N2O2. The average molecular weight is 503 g/mol. The van der Waals surface area contributed by atoms with Gasteiger partial charge in [0.05, 0.1) is 20.4 Å². The SMILES string of the molecule is COc1ccc(CN2CCCN(Cc3ccc(OC)cc3)C2c2cc3ccccc3c3ccccc23)cc1. The lowest BCUT2D eigenvalue weighted by Crippen LogP contribution is -2.47. The zero-order valence-electron chi connectivity index (χ0n) is 22.1. The van der Waals surface area contributed by atoms with E-state index in [1.165, 1.54) is 38.2 Å². The highest BCUT2D eigenvalue weighted by Crippen LogP contribution is 2.39. The van der Waals surface area contributed by atoms with Gasteiger partial charge in [0.1, 0.15) is 11.5 Å². The summed E-state index contributed by atoms with van der Waals surface area (Å²) in [6.45, 7) is 3.87. The Kier molecular flexibility index (Phi) is 7.00. The van der Waals surface area contributed by atoms with Crippen molar-refractivity contribution in [3.63, 3.8) is 0 Å². The predicted molar refractivity (Wildman–Crippen MR) is 156 cm³/mol. The molecule has 0 bridgehead atoms. The Morgan fingerprint density at radius 2 is 1.11 bits per heavy atom. The summed E-state index contributed by atoms with van der Waals surface area (Å²) in [5.74, 6) is 1.79.